The van der Waals surface area contributed by atoms with Gasteiger partial charge in [-0.1, -0.05) is 37.6 Å². The maximum Gasteiger partial charge on any atom is 0.0561 e. The first-order valence-electron chi connectivity index (χ1n) is 6.96. The van der Waals surface area contributed by atoms with Crippen LogP contribution in [0.15, 0.2) is 42.7 Å². The highest BCUT2D eigenvalue weighted by atomic mass is 14.9. The lowest BCUT2D eigenvalue weighted by Crippen LogP contribution is -2.08. The minimum Gasteiger partial charge on any atom is -0.377 e. The van der Waals surface area contributed by atoms with Crippen molar-refractivity contribution in [3.05, 3.63) is 59.4 Å². The lowest BCUT2D eigenvalue weighted by molar-refractivity contribution is 0.873. The first-order chi connectivity index (χ1) is 9.20. The average Bonchev–Trinajstić information content (AvgIpc) is 2.42. The SMILES string of the molecule is CCCc1ccc(C(C)Nc2cnccc2C)cc1. The van der Waals surface area contributed by atoms with Gasteiger partial charge in [-0.2, -0.15) is 0 Å². The van der Waals surface area contributed by atoms with Gasteiger partial charge in [0.05, 0.1) is 11.9 Å². The Bertz CT molecular complexity index is 517. The van der Waals surface area contributed by atoms with Gasteiger partial charge in [0, 0.05) is 12.2 Å². The molecule has 2 rings (SSSR count). The molecule has 0 fully saturated rings. The predicted molar refractivity (Wildman–Crippen MR) is 81.4 cm³/mol. The van der Waals surface area contributed by atoms with E-state index < -0.39 is 0 Å². The molecule has 2 aromatic rings. The average molecular weight is 254 g/mol. The van der Waals surface area contributed by atoms with Crippen LogP contribution in [0.5, 0.6) is 0 Å². The summed E-state index contributed by atoms with van der Waals surface area (Å²) in [7, 11) is 0. The third-order valence-corrected chi connectivity index (χ3v) is 3.43. The minimum absolute atomic E-state index is 0.290. The summed E-state index contributed by atoms with van der Waals surface area (Å²) in [6.07, 6.45) is 6.06. The summed E-state index contributed by atoms with van der Waals surface area (Å²) in [5.74, 6) is 0. The first-order valence-corrected chi connectivity index (χ1v) is 6.96. The van der Waals surface area contributed by atoms with Crippen LogP contribution in [0.1, 0.15) is 43.0 Å². The number of aromatic nitrogens is 1. The molecule has 2 heteroatoms. The maximum absolute atomic E-state index is 4.17. The van der Waals surface area contributed by atoms with E-state index in [0.29, 0.717) is 6.04 Å². The third-order valence-electron chi connectivity index (χ3n) is 3.43. The van der Waals surface area contributed by atoms with Crippen LogP contribution < -0.4 is 5.32 Å². The van der Waals surface area contributed by atoms with E-state index >= 15 is 0 Å². The van der Waals surface area contributed by atoms with E-state index in [4.69, 9.17) is 0 Å². The zero-order valence-corrected chi connectivity index (χ0v) is 12.0. The lowest BCUT2D eigenvalue weighted by Gasteiger charge is -2.17. The van der Waals surface area contributed by atoms with Crippen LogP contribution in [0.2, 0.25) is 0 Å². The van der Waals surface area contributed by atoms with Gasteiger partial charge in [0.15, 0.2) is 0 Å². The summed E-state index contributed by atoms with van der Waals surface area (Å²) in [4.78, 5) is 4.17. The summed E-state index contributed by atoms with van der Waals surface area (Å²) in [6, 6.07) is 11.2. The van der Waals surface area contributed by atoms with Crippen molar-refractivity contribution in [2.24, 2.45) is 0 Å². The van der Waals surface area contributed by atoms with Crippen LogP contribution in [-0.4, -0.2) is 4.98 Å². The largest absolute Gasteiger partial charge is 0.377 e. The van der Waals surface area contributed by atoms with Crippen LogP contribution in [0, 0.1) is 6.92 Å². The Balaban J connectivity index is 2.07. The van der Waals surface area contributed by atoms with Gasteiger partial charge in [-0.25, -0.2) is 0 Å². The lowest BCUT2D eigenvalue weighted by atomic mass is 10.0. The van der Waals surface area contributed by atoms with Crippen LogP contribution in [-0.2, 0) is 6.42 Å². The number of pyridine rings is 1. The van der Waals surface area contributed by atoms with Crippen molar-refractivity contribution in [1.82, 2.24) is 4.98 Å². The Hall–Kier alpha value is -1.83. The molecule has 1 atom stereocenters. The van der Waals surface area contributed by atoms with E-state index in [1.807, 2.05) is 18.5 Å². The van der Waals surface area contributed by atoms with E-state index in [1.54, 1.807) is 0 Å². The fraction of sp³-hybridized carbons (Fsp3) is 0.353. The molecule has 100 valence electrons. The molecule has 0 amide bonds. The molecular formula is C17H22N2. The fourth-order valence-corrected chi connectivity index (χ4v) is 2.19. The molecule has 0 aliphatic heterocycles. The first kappa shape index (κ1) is 13.6. The summed E-state index contributed by atoms with van der Waals surface area (Å²) >= 11 is 0. The van der Waals surface area contributed by atoms with E-state index in [0.717, 1.165) is 12.1 Å². The van der Waals surface area contributed by atoms with Crippen LogP contribution in [0.25, 0.3) is 0 Å². The Morgan fingerprint density at radius 1 is 1.16 bits per heavy atom. The number of aryl methyl sites for hydroxylation is 2. The molecule has 19 heavy (non-hydrogen) atoms. The third kappa shape index (κ3) is 3.57. The fourth-order valence-electron chi connectivity index (χ4n) is 2.19. The second-order valence-corrected chi connectivity index (χ2v) is 5.05. The number of rotatable bonds is 5. The molecule has 0 spiro atoms. The highest BCUT2D eigenvalue weighted by Gasteiger charge is 2.06. The predicted octanol–water partition coefficient (Wildman–Crippen LogP) is 4.52. The van der Waals surface area contributed by atoms with Crippen LogP contribution >= 0.6 is 0 Å². The standard InChI is InChI=1S/C17H22N2/c1-4-5-15-6-8-16(9-7-15)14(3)19-17-12-18-11-10-13(17)2/h6-12,14,19H,4-5H2,1-3H3. The van der Waals surface area contributed by atoms with Gasteiger partial charge in [0.2, 0.25) is 0 Å². The minimum atomic E-state index is 0.290. The van der Waals surface area contributed by atoms with Crippen molar-refractivity contribution in [2.45, 2.75) is 39.7 Å². The van der Waals surface area contributed by atoms with Gasteiger partial charge in [0.1, 0.15) is 0 Å². The summed E-state index contributed by atoms with van der Waals surface area (Å²) in [5.41, 5.74) is 5.05. The van der Waals surface area contributed by atoms with E-state index in [9.17, 15) is 0 Å². The molecule has 1 aromatic heterocycles. The second-order valence-electron chi connectivity index (χ2n) is 5.05. The van der Waals surface area contributed by atoms with E-state index in [1.165, 1.54) is 23.1 Å². The molecule has 2 nitrogen and oxygen atoms in total. The highest BCUT2D eigenvalue weighted by Crippen LogP contribution is 2.21. The van der Waals surface area contributed by atoms with Gasteiger partial charge in [-0.3, -0.25) is 4.98 Å². The van der Waals surface area contributed by atoms with Gasteiger partial charge >= 0.3 is 0 Å². The van der Waals surface area contributed by atoms with Crippen molar-refractivity contribution < 1.29 is 0 Å². The Labute approximate surface area is 115 Å². The molecule has 0 aliphatic carbocycles. The Kier molecular flexibility index (Phi) is 4.56. The molecule has 1 unspecified atom stereocenters. The topological polar surface area (TPSA) is 24.9 Å². The molecule has 1 N–H and O–H groups in total. The number of benzene rings is 1. The van der Waals surface area contributed by atoms with Crippen molar-refractivity contribution in [2.75, 3.05) is 5.32 Å². The maximum atomic E-state index is 4.17. The molecular weight excluding hydrogens is 232 g/mol. The number of nitrogens with one attached hydrogen (secondary N) is 1. The summed E-state index contributed by atoms with van der Waals surface area (Å²) < 4.78 is 0. The zero-order valence-electron chi connectivity index (χ0n) is 12.0. The molecule has 0 aliphatic rings. The second kappa shape index (κ2) is 6.37. The smallest absolute Gasteiger partial charge is 0.0561 e. The van der Waals surface area contributed by atoms with Crippen molar-refractivity contribution >= 4 is 5.69 Å². The van der Waals surface area contributed by atoms with E-state index in [-0.39, 0.29) is 0 Å². The van der Waals surface area contributed by atoms with Crippen molar-refractivity contribution in [1.29, 1.82) is 0 Å². The number of nitrogens with zero attached hydrogens (tertiary/aromatic N) is 1. The normalized spacial score (nSPS) is 12.2. The van der Waals surface area contributed by atoms with E-state index in [2.05, 4.69) is 55.3 Å². The van der Waals surface area contributed by atoms with Gasteiger partial charge in [-0.05, 0) is 43.0 Å². The monoisotopic (exact) mass is 254 g/mol. The van der Waals surface area contributed by atoms with Crippen LogP contribution in [0.3, 0.4) is 0 Å². The van der Waals surface area contributed by atoms with Crippen molar-refractivity contribution in [3.8, 4) is 0 Å². The molecule has 0 bridgehead atoms. The number of hydrogen-bond acceptors (Lipinski definition) is 2. The summed E-state index contributed by atoms with van der Waals surface area (Å²) in [5, 5.41) is 3.52. The zero-order chi connectivity index (χ0) is 13.7. The molecule has 1 heterocycles. The van der Waals surface area contributed by atoms with Gasteiger partial charge < -0.3 is 5.32 Å². The number of anilines is 1. The highest BCUT2D eigenvalue weighted by molar-refractivity contribution is 5.49. The number of hydrogen-bond donors (Lipinski definition) is 1. The Morgan fingerprint density at radius 3 is 2.53 bits per heavy atom. The molecule has 0 saturated heterocycles. The van der Waals surface area contributed by atoms with Gasteiger partial charge in [0.25, 0.3) is 0 Å². The van der Waals surface area contributed by atoms with Gasteiger partial charge in [-0.15, -0.1) is 0 Å². The summed E-state index contributed by atoms with van der Waals surface area (Å²) in [6.45, 7) is 6.49. The quantitative estimate of drug-likeness (QED) is 0.848. The van der Waals surface area contributed by atoms with Crippen molar-refractivity contribution in [3.63, 3.8) is 0 Å². The molecule has 0 saturated carbocycles. The Morgan fingerprint density at radius 2 is 1.89 bits per heavy atom. The molecule has 0 radical (unpaired) electrons. The molecule has 1 aromatic carbocycles. The van der Waals surface area contributed by atoms with Crippen LogP contribution in [0.4, 0.5) is 5.69 Å².